The molecule has 0 bridgehead atoms. The zero-order valence-corrected chi connectivity index (χ0v) is 23.3. The summed E-state index contributed by atoms with van der Waals surface area (Å²) in [5, 5.41) is 37.3. The van der Waals surface area contributed by atoms with E-state index < -0.39 is 54.5 Å². The molecule has 0 aliphatic heterocycles. The Bertz CT molecular complexity index is 1350. The number of para-hydroxylation sites is 1. The van der Waals surface area contributed by atoms with Crippen LogP contribution in [0.5, 0.6) is 5.75 Å². The fraction of sp³-hybridized carbons (Fsp3) is 0.357. The van der Waals surface area contributed by atoms with E-state index in [1.165, 1.54) is 23.9 Å². The van der Waals surface area contributed by atoms with Gasteiger partial charge >= 0.3 is 5.97 Å². The lowest BCUT2D eigenvalue weighted by molar-refractivity contribution is -0.142. The number of H-pyrrole nitrogens is 1. The Hall–Kier alpha value is -4.07. The topological polar surface area (TPSA) is 207 Å². The van der Waals surface area contributed by atoms with E-state index in [4.69, 9.17) is 5.73 Å². The number of amides is 3. The van der Waals surface area contributed by atoms with Gasteiger partial charge < -0.3 is 42.0 Å². The number of aliphatic hydroxyl groups is 1. The largest absolute Gasteiger partial charge is 0.508 e. The summed E-state index contributed by atoms with van der Waals surface area (Å²) in [5.41, 5.74) is 7.72. The quantitative estimate of drug-likeness (QED) is 0.123. The lowest BCUT2D eigenvalue weighted by Gasteiger charge is -2.25. The number of nitrogens with two attached hydrogens (primary N) is 1. The number of nitrogens with one attached hydrogen (secondary N) is 4. The van der Waals surface area contributed by atoms with E-state index in [1.807, 2.05) is 30.5 Å². The number of aliphatic hydroxyl groups excluding tert-OH is 1. The number of rotatable bonds is 15. The molecule has 0 saturated heterocycles. The minimum Gasteiger partial charge on any atom is -0.508 e. The Morgan fingerprint density at radius 2 is 1.54 bits per heavy atom. The first-order valence-corrected chi connectivity index (χ1v) is 14.3. The second-order valence-electron chi connectivity index (χ2n) is 9.53. The van der Waals surface area contributed by atoms with Crippen LogP contribution in [0, 0.1) is 0 Å². The minimum atomic E-state index is -1.30. The number of fused-ring (bicyclic) bond motifs is 1. The molecule has 3 aromatic rings. The van der Waals surface area contributed by atoms with Crippen molar-refractivity contribution in [1.82, 2.24) is 20.9 Å². The van der Waals surface area contributed by atoms with Crippen LogP contribution in [0.25, 0.3) is 10.9 Å². The van der Waals surface area contributed by atoms with Gasteiger partial charge in [0.25, 0.3) is 0 Å². The van der Waals surface area contributed by atoms with E-state index in [2.05, 4.69) is 20.9 Å². The van der Waals surface area contributed by atoms with Crippen molar-refractivity contribution in [3.8, 4) is 5.75 Å². The molecule has 9 N–H and O–H groups in total. The molecule has 2 aromatic carbocycles. The van der Waals surface area contributed by atoms with Crippen molar-refractivity contribution < 1.29 is 34.5 Å². The predicted octanol–water partition coefficient (Wildman–Crippen LogP) is 0.270. The summed E-state index contributed by atoms with van der Waals surface area (Å²) in [6.07, 6.45) is 3.73. The first-order chi connectivity index (χ1) is 19.6. The van der Waals surface area contributed by atoms with Crippen LogP contribution in [-0.4, -0.2) is 86.8 Å². The molecule has 4 unspecified atom stereocenters. The summed E-state index contributed by atoms with van der Waals surface area (Å²) >= 11 is 1.45. The Balaban J connectivity index is 1.82. The monoisotopic (exact) mass is 585 g/mol. The van der Waals surface area contributed by atoms with Crippen LogP contribution in [0.2, 0.25) is 0 Å². The number of hydrogen-bond acceptors (Lipinski definition) is 8. The number of aromatic hydroxyl groups is 1. The highest BCUT2D eigenvalue weighted by molar-refractivity contribution is 7.98. The number of carbonyl (C=O) groups excluding carboxylic acids is 3. The number of hydrogen-bond donors (Lipinski definition) is 8. The smallest absolute Gasteiger partial charge is 0.326 e. The van der Waals surface area contributed by atoms with Crippen molar-refractivity contribution in [2.24, 2.45) is 5.73 Å². The number of benzene rings is 2. The maximum absolute atomic E-state index is 13.5. The average molecular weight is 586 g/mol. The Labute approximate surface area is 241 Å². The Kier molecular flexibility index (Phi) is 11.6. The molecule has 41 heavy (non-hydrogen) atoms. The number of phenolic OH excluding ortho intramolecular Hbond substituents is 1. The van der Waals surface area contributed by atoms with Crippen molar-refractivity contribution in [3.05, 3.63) is 65.9 Å². The number of carbonyl (C=O) groups is 4. The van der Waals surface area contributed by atoms with Gasteiger partial charge in [-0.25, -0.2) is 4.79 Å². The van der Waals surface area contributed by atoms with Gasteiger partial charge in [-0.05, 0) is 47.8 Å². The van der Waals surface area contributed by atoms with E-state index >= 15 is 0 Å². The first kappa shape index (κ1) is 31.5. The van der Waals surface area contributed by atoms with Gasteiger partial charge in [0.15, 0.2) is 0 Å². The van der Waals surface area contributed by atoms with Gasteiger partial charge in [0.05, 0.1) is 6.61 Å². The molecule has 12 nitrogen and oxygen atoms in total. The average Bonchev–Trinajstić information content (AvgIpc) is 3.37. The number of thioether (sulfide) groups is 1. The third-order valence-electron chi connectivity index (χ3n) is 6.50. The van der Waals surface area contributed by atoms with Crippen molar-refractivity contribution >= 4 is 46.4 Å². The number of aliphatic carboxylic acids is 1. The lowest BCUT2D eigenvalue weighted by atomic mass is 10.0. The van der Waals surface area contributed by atoms with Gasteiger partial charge in [0, 0.05) is 29.9 Å². The zero-order chi connectivity index (χ0) is 29.9. The molecule has 220 valence electrons. The van der Waals surface area contributed by atoms with Gasteiger partial charge in [-0.15, -0.1) is 0 Å². The molecule has 3 amide bonds. The van der Waals surface area contributed by atoms with Crippen LogP contribution >= 0.6 is 11.8 Å². The lowest BCUT2D eigenvalue weighted by Crippen LogP contribution is -2.58. The van der Waals surface area contributed by atoms with Gasteiger partial charge in [0.1, 0.15) is 29.9 Å². The van der Waals surface area contributed by atoms with Crippen LogP contribution < -0.4 is 21.7 Å². The molecule has 1 aromatic heterocycles. The Morgan fingerprint density at radius 1 is 0.902 bits per heavy atom. The number of carboxylic acid groups (broad SMARTS) is 1. The van der Waals surface area contributed by atoms with Gasteiger partial charge in [-0.2, -0.15) is 11.8 Å². The maximum atomic E-state index is 13.5. The second kappa shape index (κ2) is 15.1. The minimum absolute atomic E-state index is 0.00356. The van der Waals surface area contributed by atoms with Crippen LogP contribution in [-0.2, 0) is 32.0 Å². The highest BCUT2D eigenvalue weighted by Gasteiger charge is 2.31. The summed E-state index contributed by atoms with van der Waals surface area (Å²) in [4.78, 5) is 54.3. The molecule has 13 heteroatoms. The van der Waals surface area contributed by atoms with Crippen LogP contribution in [0.1, 0.15) is 17.5 Å². The highest BCUT2D eigenvalue weighted by atomic mass is 32.2. The first-order valence-electron chi connectivity index (χ1n) is 12.9. The van der Waals surface area contributed by atoms with E-state index in [0.717, 1.165) is 10.9 Å². The van der Waals surface area contributed by atoms with E-state index in [-0.39, 0.29) is 25.0 Å². The molecule has 0 aliphatic rings. The van der Waals surface area contributed by atoms with E-state index in [0.29, 0.717) is 16.9 Å². The van der Waals surface area contributed by atoms with Gasteiger partial charge in [-0.3, -0.25) is 14.4 Å². The Morgan fingerprint density at radius 3 is 2.20 bits per heavy atom. The van der Waals surface area contributed by atoms with Crippen LogP contribution in [0.3, 0.4) is 0 Å². The number of phenols is 1. The maximum Gasteiger partial charge on any atom is 0.326 e. The molecule has 4 atom stereocenters. The number of carboxylic acids is 1. The molecule has 0 spiro atoms. The molecule has 0 saturated carbocycles. The van der Waals surface area contributed by atoms with Crippen LogP contribution in [0.4, 0.5) is 0 Å². The van der Waals surface area contributed by atoms with Gasteiger partial charge in [-0.1, -0.05) is 30.3 Å². The summed E-state index contributed by atoms with van der Waals surface area (Å²) in [6.45, 7) is -0.610. The van der Waals surface area contributed by atoms with Crippen LogP contribution in [0.15, 0.2) is 54.7 Å². The summed E-state index contributed by atoms with van der Waals surface area (Å²) in [7, 11) is 0. The standard InChI is InChI=1S/C28H35N5O7S/c1-41-11-10-22(31-25(36)20(29)15-34)26(37)32-23(12-16-6-8-18(35)9-7-16)27(38)33-24(28(39)40)13-17-14-30-21-5-3-2-4-19(17)21/h2-9,14,20,22-24,30,34-35H,10-13,15,29H2,1H3,(H,31,36)(H,32,37)(H,33,38)(H,39,40). The SMILES string of the molecule is CSCCC(NC(=O)C(N)CO)C(=O)NC(Cc1ccc(O)cc1)C(=O)NC(Cc1c[nH]c2ccccc12)C(=O)O. The normalized spacial score (nSPS) is 14.0. The van der Waals surface area contributed by atoms with Gasteiger partial charge in [0.2, 0.25) is 17.7 Å². The van der Waals surface area contributed by atoms with Crippen molar-refractivity contribution in [1.29, 1.82) is 0 Å². The second-order valence-corrected chi connectivity index (χ2v) is 10.5. The third kappa shape index (κ3) is 8.96. The van der Waals surface area contributed by atoms with E-state index in [9.17, 15) is 34.5 Å². The summed E-state index contributed by atoms with van der Waals surface area (Å²) < 4.78 is 0. The van der Waals surface area contributed by atoms with Crippen molar-refractivity contribution in [2.75, 3.05) is 18.6 Å². The molecule has 0 radical (unpaired) electrons. The molecule has 3 rings (SSSR count). The summed E-state index contributed by atoms with van der Waals surface area (Å²) in [6, 6.07) is 8.62. The molecule has 0 fully saturated rings. The fourth-order valence-electron chi connectivity index (χ4n) is 4.21. The molecule has 0 aliphatic carbocycles. The number of aromatic nitrogens is 1. The molecular formula is C28H35N5O7S. The fourth-order valence-corrected chi connectivity index (χ4v) is 4.68. The molecule has 1 heterocycles. The van der Waals surface area contributed by atoms with Crippen molar-refractivity contribution in [3.63, 3.8) is 0 Å². The third-order valence-corrected chi connectivity index (χ3v) is 7.14. The van der Waals surface area contributed by atoms with Crippen molar-refractivity contribution in [2.45, 2.75) is 43.4 Å². The van der Waals surface area contributed by atoms with E-state index in [1.54, 1.807) is 18.3 Å². The number of aromatic amines is 1. The summed E-state index contributed by atoms with van der Waals surface area (Å²) in [5.74, 6) is -2.85. The molecular weight excluding hydrogens is 550 g/mol. The predicted molar refractivity (Wildman–Crippen MR) is 155 cm³/mol. The highest BCUT2D eigenvalue weighted by Crippen LogP contribution is 2.19. The zero-order valence-electron chi connectivity index (χ0n) is 22.5.